The Labute approximate surface area is 74.4 Å². The molecule has 2 aromatic rings. The minimum atomic E-state index is 0.323. The lowest BCUT2D eigenvalue weighted by molar-refractivity contribution is 0.393. The fraction of sp³-hybridized carbons (Fsp3) is 0.286. The van der Waals surface area contributed by atoms with Crippen molar-refractivity contribution in [3.05, 3.63) is 24.0 Å². The fourth-order valence-electron chi connectivity index (χ4n) is 0.962. The van der Waals surface area contributed by atoms with Gasteiger partial charge in [-0.05, 0) is 6.92 Å². The summed E-state index contributed by atoms with van der Waals surface area (Å²) in [5.74, 6) is 1.94. The molecule has 0 aliphatic rings. The molecule has 0 unspecified atom stereocenters. The molecule has 0 saturated heterocycles. The predicted molar refractivity (Wildman–Crippen MR) is 44.0 cm³/mol. The number of aryl methyl sites for hydroxylation is 1. The van der Waals surface area contributed by atoms with E-state index >= 15 is 0 Å². The van der Waals surface area contributed by atoms with Crippen LogP contribution in [0.3, 0.4) is 0 Å². The van der Waals surface area contributed by atoms with Crippen LogP contribution < -0.4 is 5.73 Å². The van der Waals surface area contributed by atoms with Crippen LogP contribution >= 0.6 is 0 Å². The molecule has 0 saturated carbocycles. The molecule has 6 heteroatoms. The number of nitrogens with zero attached hydrogens (tertiary/aromatic N) is 4. The van der Waals surface area contributed by atoms with Gasteiger partial charge in [0.2, 0.25) is 0 Å². The van der Waals surface area contributed by atoms with E-state index in [1.165, 1.54) is 4.68 Å². The zero-order valence-electron chi connectivity index (χ0n) is 7.14. The van der Waals surface area contributed by atoms with Crippen molar-refractivity contribution in [2.75, 3.05) is 0 Å². The van der Waals surface area contributed by atoms with Gasteiger partial charge in [-0.25, -0.2) is 4.98 Å². The van der Waals surface area contributed by atoms with Gasteiger partial charge in [-0.1, -0.05) is 5.16 Å². The van der Waals surface area contributed by atoms with Crippen LogP contribution in [0.4, 0.5) is 0 Å². The monoisotopic (exact) mass is 179 g/mol. The Hall–Kier alpha value is -1.69. The maximum atomic E-state index is 5.36. The number of hydrogen-bond donors (Lipinski definition) is 1. The summed E-state index contributed by atoms with van der Waals surface area (Å²) in [5.41, 5.74) is 5.36. The largest absolute Gasteiger partial charge is 0.359 e. The highest BCUT2D eigenvalue weighted by Gasteiger charge is 2.04. The van der Waals surface area contributed by atoms with E-state index in [0.717, 1.165) is 5.76 Å². The zero-order chi connectivity index (χ0) is 9.26. The number of rotatable bonds is 2. The topological polar surface area (TPSA) is 82.8 Å². The smallest absolute Gasteiger partial charge is 0.198 e. The Kier molecular flexibility index (Phi) is 1.82. The first-order valence-corrected chi connectivity index (χ1v) is 3.84. The van der Waals surface area contributed by atoms with Crippen molar-refractivity contribution in [3.8, 4) is 5.82 Å². The Morgan fingerprint density at radius 3 is 3.00 bits per heavy atom. The van der Waals surface area contributed by atoms with Crippen LogP contribution in [0.5, 0.6) is 0 Å². The van der Waals surface area contributed by atoms with Gasteiger partial charge >= 0.3 is 0 Å². The summed E-state index contributed by atoms with van der Waals surface area (Å²) in [4.78, 5) is 3.97. The fourth-order valence-corrected chi connectivity index (χ4v) is 0.962. The van der Waals surface area contributed by atoms with E-state index in [0.29, 0.717) is 18.2 Å². The van der Waals surface area contributed by atoms with Crippen LogP contribution in [0, 0.1) is 6.92 Å². The molecule has 0 bridgehead atoms. The Morgan fingerprint density at radius 1 is 1.62 bits per heavy atom. The molecule has 6 nitrogen and oxygen atoms in total. The zero-order valence-corrected chi connectivity index (χ0v) is 7.14. The second-order valence-electron chi connectivity index (χ2n) is 2.61. The maximum Gasteiger partial charge on any atom is 0.198 e. The molecule has 0 radical (unpaired) electrons. The lowest BCUT2D eigenvalue weighted by Gasteiger charge is -1.88. The standard InChI is InChI=1S/C7H9N5O/c1-5-2-7(11-13-5)12-4-9-6(3-8)10-12/h2,4H,3,8H2,1H3. The molecule has 68 valence electrons. The molecule has 2 N–H and O–H groups in total. The van der Waals surface area contributed by atoms with Gasteiger partial charge in [-0.3, -0.25) is 0 Å². The summed E-state index contributed by atoms with van der Waals surface area (Å²) >= 11 is 0. The minimum absolute atomic E-state index is 0.323. The average Bonchev–Trinajstić information content (AvgIpc) is 2.71. The molecule has 0 aromatic carbocycles. The first-order chi connectivity index (χ1) is 6.29. The van der Waals surface area contributed by atoms with E-state index in [4.69, 9.17) is 10.3 Å². The number of nitrogens with two attached hydrogens (primary N) is 1. The predicted octanol–water partition coefficient (Wildman–Crippen LogP) is 0.0224. The lowest BCUT2D eigenvalue weighted by atomic mass is 10.5. The normalized spacial score (nSPS) is 10.6. The summed E-state index contributed by atoms with van der Waals surface area (Å²) in [5, 5.41) is 7.85. The molecule has 0 aliphatic heterocycles. The van der Waals surface area contributed by atoms with Crippen molar-refractivity contribution in [2.45, 2.75) is 13.5 Å². The summed E-state index contributed by atoms with van der Waals surface area (Å²) in [6.45, 7) is 2.14. The van der Waals surface area contributed by atoms with Gasteiger partial charge in [0, 0.05) is 6.07 Å². The van der Waals surface area contributed by atoms with Crippen LogP contribution in [0.2, 0.25) is 0 Å². The van der Waals surface area contributed by atoms with Crippen molar-refractivity contribution >= 4 is 0 Å². The first kappa shape index (κ1) is 7.93. The van der Waals surface area contributed by atoms with E-state index in [-0.39, 0.29) is 0 Å². The third kappa shape index (κ3) is 1.43. The molecule has 2 rings (SSSR count). The van der Waals surface area contributed by atoms with E-state index in [2.05, 4.69) is 15.2 Å². The highest BCUT2D eigenvalue weighted by Crippen LogP contribution is 2.05. The molecule has 0 atom stereocenters. The van der Waals surface area contributed by atoms with Crippen LogP contribution in [0.15, 0.2) is 16.9 Å². The molecule has 13 heavy (non-hydrogen) atoms. The Morgan fingerprint density at radius 2 is 2.46 bits per heavy atom. The molecule has 0 aliphatic carbocycles. The van der Waals surface area contributed by atoms with Crippen molar-refractivity contribution in [2.24, 2.45) is 5.73 Å². The molecule has 0 amide bonds. The summed E-state index contributed by atoms with van der Waals surface area (Å²) in [6.07, 6.45) is 1.56. The van der Waals surface area contributed by atoms with E-state index in [1.54, 1.807) is 12.4 Å². The Balaban J connectivity index is 2.35. The van der Waals surface area contributed by atoms with Gasteiger partial charge in [0.15, 0.2) is 11.6 Å². The summed E-state index contributed by atoms with van der Waals surface area (Å²) < 4.78 is 6.42. The Bertz CT molecular complexity index is 404. The van der Waals surface area contributed by atoms with Gasteiger partial charge in [0.1, 0.15) is 12.1 Å². The van der Waals surface area contributed by atoms with Gasteiger partial charge in [-0.2, -0.15) is 4.68 Å². The van der Waals surface area contributed by atoms with E-state index in [1.807, 2.05) is 6.92 Å². The highest BCUT2D eigenvalue weighted by atomic mass is 16.5. The molecular weight excluding hydrogens is 170 g/mol. The number of aromatic nitrogens is 4. The van der Waals surface area contributed by atoms with Crippen molar-refractivity contribution in [3.63, 3.8) is 0 Å². The van der Waals surface area contributed by atoms with Gasteiger partial charge in [-0.15, -0.1) is 5.10 Å². The van der Waals surface area contributed by atoms with E-state index in [9.17, 15) is 0 Å². The third-order valence-corrected chi connectivity index (χ3v) is 1.57. The molecular formula is C7H9N5O. The molecule has 0 fully saturated rings. The van der Waals surface area contributed by atoms with Crippen molar-refractivity contribution in [1.29, 1.82) is 0 Å². The number of hydrogen-bond acceptors (Lipinski definition) is 5. The van der Waals surface area contributed by atoms with Crippen molar-refractivity contribution in [1.82, 2.24) is 19.9 Å². The van der Waals surface area contributed by atoms with Gasteiger partial charge in [0.05, 0.1) is 6.54 Å². The first-order valence-electron chi connectivity index (χ1n) is 3.84. The lowest BCUT2D eigenvalue weighted by Crippen LogP contribution is -2.01. The van der Waals surface area contributed by atoms with Gasteiger partial charge < -0.3 is 10.3 Å². The SMILES string of the molecule is Cc1cc(-n2cnc(CN)n2)no1. The third-order valence-electron chi connectivity index (χ3n) is 1.57. The molecule has 0 spiro atoms. The molecule has 2 heterocycles. The summed E-state index contributed by atoms with van der Waals surface area (Å²) in [6, 6.07) is 1.77. The van der Waals surface area contributed by atoms with Crippen LogP contribution in [-0.4, -0.2) is 19.9 Å². The summed E-state index contributed by atoms with van der Waals surface area (Å²) in [7, 11) is 0. The average molecular weight is 179 g/mol. The van der Waals surface area contributed by atoms with E-state index < -0.39 is 0 Å². The quantitative estimate of drug-likeness (QED) is 0.702. The van der Waals surface area contributed by atoms with Crippen LogP contribution in [-0.2, 0) is 6.54 Å². The molecule has 2 aromatic heterocycles. The highest BCUT2D eigenvalue weighted by molar-refractivity contribution is 5.19. The second kappa shape index (κ2) is 2.98. The van der Waals surface area contributed by atoms with Crippen molar-refractivity contribution < 1.29 is 4.52 Å². The van der Waals surface area contributed by atoms with Gasteiger partial charge in [0.25, 0.3) is 0 Å². The minimum Gasteiger partial charge on any atom is -0.359 e. The second-order valence-corrected chi connectivity index (χ2v) is 2.61. The van der Waals surface area contributed by atoms with Crippen LogP contribution in [0.25, 0.3) is 5.82 Å². The van der Waals surface area contributed by atoms with Crippen LogP contribution in [0.1, 0.15) is 11.6 Å². The maximum absolute atomic E-state index is 5.36.